The van der Waals surface area contributed by atoms with Crippen LogP contribution in [0.2, 0.25) is 0 Å². The summed E-state index contributed by atoms with van der Waals surface area (Å²) in [6, 6.07) is 7.14. The molecular weight excluding hydrogens is 236 g/mol. The highest BCUT2D eigenvalue weighted by atomic mass is 32.1. The van der Waals surface area contributed by atoms with Crippen molar-refractivity contribution in [2.75, 3.05) is 11.9 Å². The summed E-state index contributed by atoms with van der Waals surface area (Å²) in [7, 11) is 0. The number of thiocarbonyl (C=S) groups is 1. The highest BCUT2D eigenvalue weighted by molar-refractivity contribution is 7.80. The number of benzene rings is 1. The Labute approximate surface area is 106 Å². The predicted molar refractivity (Wildman–Crippen MR) is 72.0 cm³/mol. The molecule has 0 radical (unpaired) electrons. The summed E-state index contributed by atoms with van der Waals surface area (Å²) in [5.74, 6) is -0.220. The van der Waals surface area contributed by atoms with Crippen molar-refractivity contribution in [1.82, 2.24) is 0 Å². The lowest BCUT2D eigenvalue weighted by Gasteiger charge is -2.11. The molecule has 0 bridgehead atoms. The van der Waals surface area contributed by atoms with Crippen LogP contribution < -0.4 is 11.1 Å². The molecule has 1 aromatic carbocycles. The van der Waals surface area contributed by atoms with E-state index in [1.807, 2.05) is 19.9 Å². The summed E-state index contributed by atoms with van der Waals surface area (Å²) >= 11 is 4.90. The second-order valence-corrected chi connectivity index (χ2v) is 4.26. The first-order valence-electron chi connectivity index (χ1n) is 5.31. The summed E-state index contributed by atoms with van der Waals surface area (Å²) < 4.78 is 5.20. The normalized spacial score (nSPS) is 10.3. The van der Waals surface area contributed by atoms with Gasteiger partial charge in [-0.25, -0.2) is 0 Å². The van der Waals surface area contributed by atoms with E-state index in [1.54, 1.807) is 18.2 Å². The van der Waals surface area contributed by atoms with Gasteiger partial charge < -0.3 is 15.8 Å². The molecule has 0 fully saturated rings. The van der Waals surface area contributed by atoms with Gasteiger partial charge in [0.2, 0.25) is 5.91 Å². The van der Waals surface area contributed by atoms with Crippen molar-refractivity contribution in [1.29, 1.82) is 0 Å². The third-order valence-electron chi connectivity index (χ3n) is 2.01. The van der Waals surface area contributed by atoms with Crippen molar-refractivity contribution in [3.05, 3.63) is 29.8 Å². The molecule has 1 amide bonds. The molecule has 0 atom stereocenters. The molecule has 0 spiro atoms. The lowest BCUT2D eigenvalue weighted by atomic mass is 10.2. The second kappa shape index (κ2) is 6.32. The maximum atomic E-state index is 11.6. The van der Waals surface area contributed by atoms with Crippen molar-refractivity contribution < 1.29 is 9.53 Å². The molecule has 17 heavy (non-hydrogen) atoms. The van der Waals surface area contributed by atoms with Crippen molar-refractivity contribution in [3.63, 3.8) is 0 Å². The summed E-state index contributed by atoms with van der Waals surface area (Å²) in [6.45, 7) is 3.76. The third-order valence-corrected chi connectivity index (χ3v) is 2.23. The van der Waals surface area contributed by atoms with Gasteiger partial charge in [0, 0.05) is 5.56 Å². The lowest BCUT2D eigenvalue weighted by Crippen LogP contribution is -2.22. The van der Waals surface area contributed by atoms with Crippen LogP contribution in [0.15, 0.2) is 24.3 Å². The van der Waals surface area contributed by atoms with E-state index in [-0.39, 0.29) is 23.6 Å². The molecular formula is C12H16N2O2S. The fraction of sp³-hybridized carbons (Fsp3) is 0.333. The number of hydrogen-bond acceptors (Lipinski definition) is 3. The molecule has 4 nitrogen and oxygen atoms in total. The zero-order chi connectivity index (χ0) is 12.8. The second-order valence-electron chi connectivity index (χ2n) is 3.82. The maximum Gasteiger partial charge on any atom is 0.250 e. The quantitative estimate of drug-likeness (QED) is 0.783. The van der Waals surface area contributed by atoms with E-state index in [1.165, 1.54) is 0 Å². The van der Waals surface area contributed by atoms with Crippen molar-refractivity contribution in [3.8, 4) is 0 Å². The van der Waals surface area contributed by atoms with Gasteiger partial charge >= 0.3 is 0 Å². The Kier molecular flexibility index (Phi) is 5.06. The largest absolute Gasteiger partial charge is 0.389 e. The van der Waals surface area contributed by atoms with Gasteiger partial charge in [-0.15, -0.1) is 0 Å². The van der Waals surface area contributed by atoms with Gasteiger partial charge in [0.15, 0.2) is 0 Å². The number of carbonyl (C=O) groups is 1. The highest BCUT2D eigenvalue weighted by Crippen LogP contribution is 2.14. The van der Waals surface area contributed by atoms with E-state index < -0.39 is 0 Å². The number of rotatable bonds is 5. The first-order valence-corrected chi connectivity index (χ1v) is 5.72. The molecule has 3 N–H and O–H groups in total. The van der Waals surface area contributed by atoms with Crippen LogP contribution in [0, 0.1) is 0 Å². The number of ether oxygens (including phenoxy) is 1. The summed E-state index contributed by atoms with van der Waals surface area (Å²) in [6.07, 6.45) is 0.0200. The van der Waals surface area contributed by atoms with Crippen LogP contribution in [0.5, 0.6) is 0 Å². The molecule has 0 aromatic heterocycles. The van der Waals surface area contributed by atoms with Gasteiger partial charge in [-0.1, -0.05) is 24.4 Å². The Balaban J connectivity index is 2.68. The van der Waals surface area contributed by atoms with E-state index in [0.29, 0.717) is 11.3 Å². The van der Waals surface area contributed by atoms with Gasteiger partial charge in [0.1, 0.15) is 11.6 Å². The summed E-state index contributed by atoms with van der Waals surface area (Å²) in [5, 5.41) is 2.72. The highest BCUT2D eigenvalue weighted by Gasteiger charge is 2.08. The average molecular weight is 252 g/mol. The number of nitrogens with one attached hydrogen (secondary N) is 1. The molecule has 1 rings (SSSR count). The van der Waals surface area contributed by atoms with Gasteiger partial charge in [-0.2, -0.15) is 0 Å². The Bertz CT molecular complexity index is 419. The van der Waals surface area contributed by atoms with E-state index in [4.69, 9.17) is 22.7 Å². The number of carbonyl (C=O) groups excluding carboxylic acids is 1. The molecule has 0 heterocycles. The summed E-state index contributed by atoms with van der Waals surface area (Å²) in [4.78, 5) is 11.8. The number of anilines is 1. The van der Waals surface area contributed by atoms with E-state index >= 15 is 0 Å². The molecule has 92 valence electrons. The molecule has 5 heteroatoms. The van der Waals surface area contributed by atoms with Gasteiger partial charge in [-0.3, -0.25) is 4.79 Å². The van der Waals surface area contributed by atoms with Crippen LogP contribution in [-0.2, 0) is 9.53 Å². The number of amides is 1. The molecule has 1 aromatic rings. The monoisotopic (exact) mass is 252 g/mol. The van der Waals surface area contributed by atoms with Crippen LogP contribution in [0.1, 0.15) is 19.4 Å². The standard InChI is InChI=1S/C12H16N2O2S/c1-8(2)16-7-11(15)14-10-6-4-3-5-9(10)12(13)17/h3-6,8H,7H2,1-2H3,(H2,13,17)(H,14,15). The molecule has 0 aliphatic heterocycles. The number of nitrogens with two attached hydrogens (primary N) is 1. The molecule has 0 saturated heterocycles. The fourth-order valence-corrected chi connectivity index (χ4v) is 1.41. The number of hydrogen-bond donors (Lipinski definition) is 2. The zero-order valence-electron chi connectivity index (χ0n) is 9.90. The Morgan fingerprint density at radius 1 is 1.47 bits per heavy atom. The molecule has 0 aliphatic rings. The number of para-hydroxylation sites is 1. The van der Waals surface area contributed by atoms with Crippen molar-refractivity contribution >= 4 is 28.8 Å². The maximum absolute atomic E-state index is 11.6. The van der Waals surface area contributed by atoms with Crippen LogP contribution in [0.3, 0.4) is 0 Å². The fourth-order valence-electron chi connectivity index (χ4n) is 1.24. The minimum absolute atomic E-state index is 0.0172. The van der Waals surface area contributed by atoms with E-state index in [9.17, 15) is 4.79 Å². The van der Waals surface area contributed by atoms with Crippen molar-refractivity contribution in [2.24, 2.45) is 5.73 Å². The Morgan fingerprint density at radius 3 is 2.71 bits per heavy atom. The SMILES string of the molecule is CC(C)OCC(=O)Nc1ccccc1C(N)=S. The third kappa shape index (κ3) is 4.50. The smallest absolute Gasteiger partial charge is 0.250 e. The first kappa shape index (κ1) is 13.6. The minimum atomic E-state index is -0.220. The zero-order valence-corrected chi connectivity index (χ0v) is 10.7. The first-order chi connectivity index (χ1) is 8.00. The Morgan fingerprint density at radius 2 is 2.12 bits per heavy atom. The predicted octanol–water partition coefficient (Wildman–Crippen LogP) is 1.68. The van der Waals surface area contributed by atoms with E-state index in [2.05, 4.69) is 5.32 Å². The van der Waals surface area contributed by atoms with Crippen LogP contribution >= 0.6 is 12.2 Å². The van der Waals surface area contributed by atoms with Crippen LogP contribution in [0.25, 0.3) is 0 Å². The van der Waals surface area contributed by atoms with Crippen LogP contribution in [-0.4, -0.2) is 23.6 Å². The van der Waals surface area contributed by atoms with E-state index in [0.717, 1.165) is 0 Å². The average Bonchev–Trinajstić information content (AvgIpc) is 2.27. The van der Waals surface area contributed by atoms with Gasteiger partial charge in [-0.05, 0) is 26.0 Å². The molecule has 0 aliphatic carbocycles. The lowest BCUT2D eigenvalue weighted by molar-refractivity contribution is -0.121. The van der Waals surface area contributed by atoms with Crippen molar-refractivity contribution in [2.45, 2.75) is 20.0 Å². The summed E-state index contributed by atoms with van der Waals surface area (Å²) in [5.41, 5.74) is 6.82. The topological polar surface area (TPSA) is 64.3 Å². The van der Waals surface area contributed by atoms with Gasteiger partial charge in [0.05, 0.1) is 11.8 Å². The molecule has 0 unspecified atom stereocenters. The minimum Gasteiger partial charge on any atom is -0.389 e. The Hall–Kier alpha value is -1.46. The van der Waals surface area contributed by atoms with Crippen LogP contribution in [0.4, 0.5) is 5.69 Å². The van der Waals surface area contributed by atoms with Gasteiger partial charge in [0.25, 0.3) is 0 Å². The molecule has 0 saturated carbocycles.